The van der Waals surface area contributed by atoms with Gasteiger partial charge in [0.15, 0.2) is 5.78 Å². The molecule has 1 saturated carbocycles. The lowest BCUT2D eigenvalue weighted by molar-refractivity contribution is 0.105. The Morgan fingerprint density at radius 1 is 0.763 bits per heavy atom. The van der Waals surface area contributed by atoms with E-state index in [0.29, 0.717) is 5.56 Å². The highest BCUT2D eigenvalue weighted by Crippen LogP contribution is 2.40. The molecule has 0 bridgehead atoms. The monoisotopic (exact) mass is 510 g/mol. The molecule has 0 spiro atoms. The first-order chi connectivity index (χ1) is 18.7. The van der Waals surface area contributed by atoms with Crippen LogP contribution in [0.4, 0.5) is 0 Å². The second-order valence-corrected chi connectivity index (χ2v) is 10.5. The Morgan fingerprint density at radius 3 is 2.11 bits per heavy atom. The summed E-state index contributed by atoms with van der Waals surface area (Å²) < 4.78 is 16.9. The predicted molar refractivity (Wildman–Crippen MR) is 153 cm³/mol. The van der Waals surface area contributed by atoms with Gasteiger partial charge in [0.2, 0.25) is 0 Å². The van der Waals surface area contributed by atoms with Crippen LogP contribution in [-0.4, -0.2) is 26.6 Å². The third kappa shape index (κ3) is 5.96. The maximum Gasteiger partial charge on any atom is 0.193 e. The van der Waals surface area contributed by atoms with Crippen molar-refractivity contribution in [3.8, 4) is 17.2 Å². The van der Waals surface area contributed by atoms with Crippen molar-refractivity contribution in [1.82, 2.24) is 0 Å². The summed E-state index contributed by atoms with van der Waals surface area (Å²) in [5.74, 6) is 3.26. The molecule has 2 aliphatic rings. The second-order valence-electron chi connectivity index (χ2n) is 10.5. The Bertz CT molecular complexity index is 1260. The Hall–Kier alpha value is -3.53. The molecule has 1 fully saturated rings. The first-order valence-electron chi connectivity index (χ1n) is 14.0. The van der Waals surface area contributed by atoms with Gasteiger partial charge in [-0.05, 0) is 96.0 Å². The quantitative estimate of drug-likeness (QED) is 0.215. The van der Waals surface area contributed by atoms with E-state index in [1.807, 2.05) is 60.7 Å². The van der Waals surface area contributed by atoms with E-state index in [0.717, 1.165) is 76.9 Å². The third-order valence-electron chi connectivity index (χ3n) is 8.08. The largest absolute Gasteiger partial charge is 0.497 e. The average Bonchev–Trinajstić information content (AvgIpc) is 3.25. The van der Waals surface area contributed by atoms with E-state index in [-0.39, 0.29) is 5.78 Å². The minimum atomic E-state index is 0.0342. The van der Waals surface area contributed by atoms with Gasteiger partial charge < -0.3 is 14.2 Å². The second kappa shape index (κ2) is 12.3. The van der Waals surface area contributed by atoms with Crippen LogP contribution in [0, 0.1) is 5.92 Å². The summed E-state index contributed by atoms with van der Waals surface area (Å²) in [4.78, 5) is 14.0. The number of benzene rings is 3. The number of rotatable bonds is 9. The van der Waals surface area contributed by atoms with Crippen molar-refractivity contribution in [2.45, 2.75) is 57.8 Å². The van der Waals surface area contributed by atoms with E-state index in [1.165, 1.54) is 38.5 Å². The van der Waals surface area contributed by atoms with Crippen LogP contribution in [-0.2, 0) is 6.42 Å². The first-order valence-corrected chi connectivity index (χ1v) is 14.0. The van der Waals surface area contributed by atoms with Crippen molar-refractivity contribution in [2.24, 2.45) is 5.92 Å². The molecule has 2 aliphatic carbocycles. The SMILES string of the molecule is COc1ccc(C2=C(C(=O)c3ccc(OCCC4CCCCCC4)cc3)c3ccc(OC)cc3CC2)cc1. The number of fused-ring (bicyclic) bond motifs is 1. The maximum absolute atomic E-state index is 14.0. The average molecular weight is 511 g/mol. The third-order valence-corrected chi connectivity index (χ3v) is 8.08. The Kier molecular flexibility index (Phi) is 8.47. The maximum atomic E-state index is 14.0. The molecule has 3 aromatic carbocycles. The molecular weight excluding hydrogens is 472 g/mol. The summed E-state index contributed by atoms with van der Waals surface area (Å²) in [7, 11) is 3.34. The molecule has 0 aromatic heterocycles. The number of carbonyl (C=O) groups is 1. The molecule has 4 nitrogen and oxygen atoms in total. The number of allylic oxidation sites excluding steroid dienone is 2. The molecular formula is C34H38O4. The van der Waals surface area contributed by atoms with Gasteiger partial charge in [-0.1, -0.05) is 56.7 Å². The number of ketones is 1. The van der Waals surface area contributed by atoms with Gasteiger partial charge in [0.05, 0.1) is 20.8 Å². The van der Waals surface area contributed by atoms with E-state index >= 15 is 0 Å². The van der Waals surface area contributed by atoms with Gasteiger partial charge in [-0.3, -0.25) is 4.79 Å². The first kappa shape index (κ1) is 26.1. The van der Waals surface area contributed by atoms with Crippen molar-refractivity contribution < 1.29 is 19.0 Å². The molecule has 0 unspecified atom stereocenters. The molecule has 0 amide bonds. The highest BCUT2D eigenvalue weighted by atomic mass is 16.5. The fourth-order valence-corrected chi connectivity index (χ4v) is 5.88. The number of methoxy groups -OCH3 is 2. The Morgan fingerprint density at radius 2 is 1.42 bits per heavy atom. The molecule has 0 radical (unpaired) electrons. The Balaban J connectivity index is 1.38. The fourth-order valence-electron chi connectivity index (χ4n) is 5.88. The lowest BCUT2D eigenvalue weighted by Gasteiger charge is -2.24. The summed E-state index contributed by atoms with van der Waals surface area (Å²) in [5.41, 5.74) is 5.68. The number of hydrogen-bond donors (Lipinski definition) is 0. The summed E-state index contributed by atoms with van der Waals surface area (Å²) >= 11 is 0. The highest BCUT2D eigenvalue weighted by molar-refractivity contribution is 6.35. The zero-order chi connectivity index (χ0) is 26.3. The minimum Gasteiger partial charge on any atom is -0.497 e. The van der Waals surface area contributed by atoms with E-state index < -0.39 is 0 Å². The molecule has 198 valence electrons. The van der Waals surface area contributed by atoms with Crippen molar-refractivity contribution in [3.63, 3.8) is 0 Å². The summed E-state index contributed by atoms with van der Waals surface area (Å²) in [5, 5.41) is 0. The molecule has 0 heterocycles. The summed E-state index contributed by atoms with van der Waals surface area (Å²) in [6.45, 7) is 0.736. The molecule has 0 aliphatic heterocycles. The van der Waals surface area contributed by atoms with Crippen molar-refractivity contribution in [3.05, 3.63) is 89.0 Å². The molecule has 0 saturated heterocycles. The van der Waals surface area contributed by atoms with Crippen LogP contribution >= 0.6 is 0 Å². The number of ether oxygens (including phenoxy) is 3. The molecule has 4 heteroatoms. The van der Waals surface area contributed by atoms with E-state index in [9.17, 15) is 4.79 Å². The van der Waals surface area contributed by atoms with Crippen molar-refractivity contribution in [1.29, 1.82) is 0 Å². The van der Waals surface area contributed by atoms with E-state index in [2.05, 4.69) is 6.07 Å². The van der Waals surface area contributed by atoms with Crippen molar-refractivity contribution in [2.75, 3.05) is 20.8 Å². The topological polar surface area (TPSA) is 44.8 Å². The van der Waals surface area contributed by atoms with E-state index in [4.69, 9.17) is 14.2 Å². The van der Waals surface area contributed by atoms with Crippen LogP contribution in [0.15, 0.2) is 66.7 Å². The predicted octanol–water partition coefficient (Wildman–Crippen LogP) is 8.18. The van der Waals surface area contributed by atoms with E-state index in [1.54, 1.807) is 14.2 Å². The zero-order valence-corrected chi connectivity index (χ0v) is 22.6. The zero-order valence-electron chi connectivity index (χ0n) is 22.6. The van der Waals surface area contributed by atoms with Gasteiger partial charge in [-0.25, -0.2) is 0 Å². The summed E-state index contributed by atoms with van der Waals surface area (Å²) in [6.07, 6.45) is 10.9. The van der Waals surface area contributed by atoms with Crippen LogP contribution in [0.2, 0.25) is 0 Å². The van der Waals surface area contributed by atoms with Gasteiger partial charge in [0.1, 0.15) is 17.2 Å². The number of carbonyl (C=O) groups excluding carboxylic acids is 1. The van der Waals surface area contributed by atoms with Crippen LogP contribution in [0.5, 0.6) is 17.2 Å². The van der Waals surface area contributed by atoms with Crippen LogP contribution in [0.25, 0.3) is 11.1 Å². The minimum absolute atomic E-state index is 0.0342. The van der Waals surface area contributed by atoms with Crippen LogP contribution in [0.1, 0.15) is 78.4 Å². The molecule has 3 aromatic rings. The lowest BCUT2D eigenvalue weighted by Crippen LogP contribution is -2.13. The fraction of sp³-hybridized carbons (Fsp3) is 0.382. The van der Waals surface area contributed by atoms with Gasteiger partial charge >= 0.3 is 0 Å². The standard InChI is InChI=1S/C34H38O4/c1-36-28-14-9-25(10-15-28)31-19-13-27-23-30(37-2)18-20-32(27)33(31)34(35)26-11-16-29(17-12-26)38-22-21-24-7-5-3-4-6-8-24/h9-12,14-18,20,23-24H,3-8,13,19,21-22H2,1-2H3. The van der Waals surface area contributed by atoms with Gasteiger partial charge in [0, 0.05) is 11.1 Å². The number of Topliss-reactive ketones (excluding diaryl/α,β-unsaturated/α-hetero) is 1. The number of aryl methyl sites for hydroxylation is 1. The van der Waals surface area contributed by atoms with Gasteiger partial charge in [-0.2, -0.15) is 0 Å². The molecule has 0 atom stereocenters. The molecule has 38 heavy (non-hydrogen) atoms. The number of hydrogen-bond acceptors (Lipinski definition) is 4. The molecule has 0 N–H and O–H groups in total. The highest BCUT2D eigenvalue weighted by Gasteiger charge is 2.26. The molecule has 5 rings (SSSR count). The van der Waals surface area contributed by atoms with Gasteiger partial charge in [-0.15, -0.1) is 0 Å². The normalized spacial score (nSPS) is 15.9. The van der Waals surface area contributed by atoms with Crippen molar-refractivity contribution >= 4 is 16.9 Å². The summed E-state index contributed by atoms with van der Waals surface area (Å²) in [6, 6.07) is 21.7. The van der Waals surface area contributed by atoms with Crippen LogP contribution < -0.4 is 14.2 Å². The Labute approximate surface area is 226 Å². The van der Waals surface area contributed by atoms with Crippen LogP contribution in [0.3, 0.4) is 0 Å². The van der Waals surface area contributed by atoms with Gasteiger partial charge in [0.25, 0.3) is 0 Å². The smallest absolute Gasteiger partial charge is 0.193 e. The lowest BCUT2D eigenvalue weighted by atomic mass is 9.79.